The highest BCUT2D eigenvalue weighted by molar-refractivity contribution is 6.34. The van der Waals surface area contributed by atoms with Crippen LogP contribution in [0.1, 0.15) is 10.4 Å². The Labute approximate surface area is 118 Å². The molecule has 0 aliphatic rings. The van der Waals surface area contributed by atoms with Crippen molar-refractivity contribution in [3.8, 4) is 0 Å². The van der Waals surface area contributed by atoms with E-state index in [0.29, 0.717) is 27.3 Å². The van der Waals surface area contributed by atoms with Gasteiger partial charge in [0.15, 0.2) is 0 Å². The summed E-state index contributed by atoms with van der Waals surface area (Å²) in [5.74, 6) is -0.334. The van der Waals surface area contributed by atoms with Gasteiger partial charge in [0.25, 0.3) is 5.91 Å². The number of carbonyl (C=O) groups is 1. The van der Waals surface area contributed by atoms with Crippen LogP contribution in [0, 0.1) is 0 Å². The van der Waals surface area contributed by atoms with Gasteiger partial charge in [-0.1, -0.05) is 29.8 Å². The van der Waals surface area contributed by atoms with Crippen molar-refractivity contribution in [1.29, 1.82) is 0 Å². The lowest BCUT2D eigenvalue weighted by Gasteiger charge is -2.07. The Balaban J connectivity index is 2.01. The van der Waals surface area contributed by atoms with Gasteiger partial charge in [0.05, 0.1) is 27.3 Å². The maximum absolute atomic E-state index is 12.3. The number of aromatic nitrogens is 2. The molecular weight excluding hydrogens is 278 g/mol. The zero-order valence-corrected chi connectivity index (χ0v) is 11.0. The van der Waals surface area contributed by atoms with Gasteiger partial charge in [-0.2, -0.15) is 0 Å². The van der Waals surface area contributed by atoms with Crippen LogP contribution in [0.4, 0.5) is 5.69 Å². The first kappa shape index (κ1) is 12.5. The minimum Gasteiger partial charge on any atom is -0.321 e. The fourth-order valence-corrected chi connectivity index (χ4v) is 2.18. The molecular formula is C14H10ClN3O2. The number of fused-ring (bicyclic) bond motifs is 1. The molecule has 3 N–H and O–H groups in total. The third-order valence-electron chi connectivity index (χ3n) is 2.92. The first-order chi connectivity index (χ1) is 9.65. The number of halogens is 1. The SMILES string of the molecule is O=C(Nc1ccccc1Cl)c1cccc2[nH]c(=O)[nH]c12. The molecule has 0 atom stereocenters. The van der Waals surface area contributed by atoms with Crippen LogP contribution in [0.2, 0.25) is 5.02 Å². The monoisotopic (exact) mass is 287 g/mol. The standard InChI is InChI=1S/C14H10ClN3O2/c15-9-5-1-2-6-10(9)16-13(19)8-4-3-7-11-12(8)18-14(20)17-11/h1-7H,(H,16,19)(H2,17,18,20). The number of imidazole rings is 1. The molecule has 20 heavy (non-hydrogen) atoms. The molecule has 0 unspecified atom stereocenters. The zero-order valence-electron chi connectivity index (χ0n) is 10.2. The van der Waals surface area contributed by atoms with E-state index >= 15 is 0 Å². The van der Waals surface area contributed by atoms with Crippen LogP contribution in [-0.4, -0.2) is 15.9 Å². The summed E-state index contributed by atoms with van der Waals surface area (Å²) >= 11 is 6.00. The van der Waals surface area contributed by atoms with Crippen LogP contribution < -0.4 is 11.0 Å². The zero-order chi connectivity index (χ0) is 14.1. The van der Waals surface area contributed by atoms with Crippen molar-refractivity contribution in [2.24, 2.45) is 0 Å². The number of benzene rings is 2. The highest BCUT2D eigenvalue weighted by Crippen LogP contribution is 2.22. The second kappa shape index (κ2) is 4.86. The molecule has 0 bridgehead atoms. The number of amides is 1. The van der Waals surface area contributed by atoms with E-state index in [2.05, 4.69) is 15.3 Å². The average molecular weight is 288 g/mol. The molecule has 1 amide bonds. The normalized spacial score (nSPS) is 10.7. The highest BCUT2D eigenvalue weighted by Gasteiger charge is 2.13. The maximum atomic E-state index is 12.3. The molecule has 1 heterocycles. The number of carbonyl (C=O) groups excluding carboxylic acids is 1. The Morgan fingerprint density at radius 3 is 2.65 bits per heavy atom. The average Bonchev–Trinajstić information content (AvgIpc) is 2.81. The maximum Gasteiger partial charge on any atom is 0.323 e. The van der Waals surface area contributed by atoms with Crippen molar-refractivity contribution in [3.05, 3.63) is 63.5 Å². The van der Waals surface area contributed by atoms with Crippen molar-refractivity contribution in [3.63, 3.8) is 0 Å². The summed E-state index contributed by atoms with van der Waals surface area (Å²) in [6.45, 7) is 0. The topological polar surface area (TPSA) is 77.8 Å². The second-order valence-electron chi connectivity index (χ2n) is 4.24. The summed E-state index contributed by atoms with van der Waals surface area (Å²) in [4.78, 5) is 28.8. The van der Waals surface area contributed by atoms with Gasteiger partial charge in [0, 0.05) is 0 Å². The van der Waals surface area contributed by atoms with Gasteiger partial charge in [-0.3, -0.25) is 4.79 Å². The lowest BCUT2D eigenvalue weighted by molar-refractivity contribution is 0.102. The van der Waals surface area contributed by atoms with E-state index in [1.54, 1.807) is 42.5 Å². The molecule has 2 aromatic carbocycles. The van der Waals surface area contributed by atoms with Gasteiger partial charge < -0.3 is 15.3 Å². The number of para-hydroxylation sites is 2. The molecule has 0 saturated carbocycles. The van der Waals surface area contributed by atoms with Crippen LogP contribution >= 0.6 is 11.6 Å². The number of hydrogen-bond donors (Lipinski definition) is 3. The fourth-order valence-electron chi connectivity index (χ4n) is 2.00. The Bertz CT molecular complexity index is 851. The molecule has 0 fully saturated rings. The van der Waals surface area contributed by atoms with Gasteiger partial charge in [-0.25, -0.2) is 4.79 Å². The Morgan fingerprint density at radius 1 is 1.05 bits per heavy atom. The number of nitrogens with one attached hydrogen (secondary N) is 3. The summed E-state index contributed by atoms with van der Waals surface area (Å²) in [5, 5.41) is 3.18. The van der Waals surface area contributed by atoms with Crippen LogP contribution in [0.15, 0.2) is 47.3 Å². The quantitative estimate of drug-likeness (QED) is 0.678. The van der Waals surface area contributed by atoms with Crippen molar-refractivity contribution in [1.82, 2.24) is 9.97 Å². The van der Waals surface area contributed by atoms with Crippen molar-refractivity contribution in [2.45, 2.75) is 0 Å². The second-order valence-corrected chi connectivity index (χ2v) is 4.65. The minimum atomic E-state index is -0.349. The summed E-state index contributed by atoms with van der Waals surface area (Å²) < 4.78 is 0. The first-order valence-electron chi connectivity index (χ1n) is 5.92. The largest absolute Gasteiger partial charge is 0.323 e. The van der Waals surface area contributed by atoms with E-state index in [1.807, 2.05) is 0 Å². The lowest BCUT2D eigenvalue weighted by atomic mass is 10.1. The molecule has 0 saturated heterocycles. The Hall–Kier alpha value is -2.53. The van der Waals surface area contributed by atoms with Crippen molar-refractivity contribution in [2.75, 3.05) is 5.32 Å². The van der Waals surface area contributed by atoms with Gasteiger partial charge in [-0.05, 0) is 24.3 Å². The molecule has 3 aromatic rings. The molecule has 0 aliphatic heterocycles. The molecule has 0 spiro atoms. The van der Waals surface area contributed by atoms with Crippen LogP contribution in [-0.2, 0) is 0 Å². The number of rotatable bonds is 2. The molecule has 6 heteroatoms. The number of H-pyrrole nitrogens is 2. The predicted octanol–water partition coefficient (Wildman–Crippen LogP) is 2.76. The van der Waals surface area contributed by atoms with E-state index in [1.165, 1.54) is 0 Å². The van der Waals surface area contributed by atoms with E-state index in [-0.39, 0.29) is 11.6 Å². The smallest absolute Gasteiger partial charge is 0.321 e. The summed E-state index contributed by atoms with van der Waals surface area (Å²) in [5.41, 5.74) is 1.61. The van der Waals surface area contributed by atoms with Crippen molar-refractivity contribution < 1.29 is 4.79 Å². The van der Waals surface area contributed by atoms with E-state index in [9.17, 15) is 9.59 Å². The number of aromatic amines is 2. The van der Waals surface area contributed by atoms with Gasteiger partial charge in [0.2, 0.25) is 0 Å². The van der Waals surface area contributed by atoms with Gasteiger partial charge in [-0.15, -0.1) is 0 Å². The summed E-state index contributed by atoms with van der Waals surface area (Å²) in [6, 6.07) is 12.0. The molecule has 5 nitrogen and oxygen atoms in total. The minimum absolute atomic E-state index is 0.334. The van der Waals surface area contributed by atoms with Crippen LogP contribution in [0.3, 0.4) is 0 Å². The lowest BCUT2D eigenvalue weighted by Crippen LogP contribution is -2.13. The van der Waals surface area contributed by atoms with Crippen LogP contribution in [0.25, 0.3) is 11.0 Å². The van der Waals surface area contributed by atoms with Gasteiger partial charge >= 0.3 is 5.69 Å². The van der Waals surface area contributed by atoms with Crippen LogP contribution in [0.5, 0.6) is 0 Å². The predicted molar refractivity (Wildman–Crippen MR) is 78.3 cm³/mol. The Morgan fingerprint density at radius 2 is 1.85 bits per heavy atom. The molecule has 0 radical (unpaired) electrons. The molecule has 3 rings (SSSR count). The van der Waals surface area contributed by atoms with E-state index in [0.717, 1.165) is 0 Å². The number of anilines is 1. The van der Waals surface area contributed by atoms with Gasteiger partial charge in [0.1, 0.15) is 0 Å². The third-order valence-corrected chi connectivity index (χ3v) is 3.25. The number of hydrogen-bond acceptors (Lipinski definition) is 2. The Kier molecular flexibility index (Phi) is 3.04. The molecule has 0 aliphatic carbocycles. The van der Waals surface area contributed by atoms with E-state index in [4.69, 9.17) is 11.6 Å². The molecule has 100 valence electrons. The van der Waals surface area contributed by atoms with Crippen molar-refractivity contribution >= 4 is 34.2 Å². The molecule has 1 aromatic heterocycles. The highest BCUT2D eigenvalue weighted by atomic mass is 35.5. The summed E-state index contributed by atoms with van der Waals surface area (Å²) in [6.07, 6.45) is 0. The fraction of sp³-hybridized carbons (Fsp3) is 0. The third kappa shape index (κ3) is 2.19. The first-order valence-corrected chi connectivity index (χ1v) is 6.30. The summed E-state index contributed by atoms with van der Waals surface area (Å²) in [7, 11) is 0. The van der Waals surface area contributed by atoms with E-state index < -0.39 is 0 Å².